The lowest BCUT2D eigenvalue weighted by Gasteiger charge is -2.22. The molecular formula is C23H30F2N6O. The molecule has 1 aliphatic heterocycles. The summed E-state index contributed by atoms with van der Waals surface area (Å²) < 4.78 is 34.7. The van der Waals surface area contributed by atoms with Crippen molar-refractivity contribution >= 4 is 11.5 Å². The lowest BCUT2D eigenvalue weighted by molar-refractivity contribution is 0.377. The fraction of sp³-hybridized carbons (Fsp3) is 0.522. The lowest BCUT2D eigenvalue weighted by Crippen LogP contribution is -2.21. The Kier molecular flexibility index (Phi) is 7.14. The highest BCUT2D eigenvalue weighted by molar-refractivity contribution is 5.62. The van der Waals surface area contributed by atoms with Crippen molar-refractivity contribution in [2.24, 2.45) is 0 Å². The number of imidazole rings is 1. The summed E-state index contributed by atoms with van der Waals surface area (Å²) in [6.07, 6.45) is 11.3. The zero-order valence-corrected chi connectivity index (χ0v) is 18.4. The first-order valence-corrected chi connectivity index (χ1v) is 11.3. The molecule has 3 aromatic heterocycles. The number of ether oxygens (including phenoxy) is 1. The van der Waals surface area contributed by atoms with E-state index in [9.17, 15) is 8.78 Å². The number of anilines is 1. The normalized spacial score (nSPS) is 17.1. The minimum absolute atomic E-state index is 0.0799. The van der Waals surface area contributed by atoms with Crippen molar-refractivity contribution in [3.8, 4) is 17.1 Å². The van der Waals surface area contributed by atoms with Crippen LogP contribution in [-0.4, -0.2) is 39.8 Å². The van der Waals surface area contributed by atoms with Gasteiger partial charge in [0.2, 0.25) is 0 Å². The van der Waals surface area contributed by atoms with Crippen LogP contribution in [0.15, 0.2) is 18.3 Å². The van der Waals surface area contributed by atoms with Crippen LogP contribution in [0.4, 0.5) is 14.6 Å². The van der Waals surface area contributed by atoms with Gasteiger partial charge in [-0.2, -0.15) is 5.10 Å². The molecule has 2 fully saturated rings. The van der Waals surface area contributed by atoms with Gasteiger partial charge in [0, 0.05) is 18.1 Å². The molecule has 9 heteroatoms. The van der Waals surface area contributed by atoms with Crippen LogP contribution in [0.1, 0.15) is 63.0 Å². The molecule has 5 rings (SSSR count). The maximum Gasteiger partial charge on any atom is 0.168 e. The molecule has 0 atom stereocenters. The van der Waals surface area contributed by atoms with Crippen LogP contribution in [0.5, 0.6) is 5.75 Å². The Labute approximate surface area is 186 Å². The van der Waals surface area contributed by atoms with Crippen molar-refractivity contribution in [1.29, 1.82) is 0 Å². The molecule has 1 aliphatic carbocycles. The number of nitrogen functional groups attached to an aromatic ring is 1. The van der Waals surface area contributed by atoms with Crippen molar-refractivity contribution < 1.29 is 13.5 Å². The van der Waals surface area contributed by atoms with Gasteiger partial charge in [0.05, 0.1) is 13.3 Å². The monoisotopic (exact) mass is 444 g/mol. The molecule has 0 unspecified atom stereocenters. The number of rotatable bonds is 3. The third kappa shape index (κ3) is 4.82. The van der Waals surface area contributed by atoms with E-state index in [4.69, 9.17) is 10.5 Å². The summed E-state index contributed by atoms with van der Waals surface area (Å²) in [6.45, 7) is 2.50. The van der Waals surface area contributed by atoms with E-state index in [0.29, 0.717) is 17.1 Å². The van der Waals surface area contributed by atoms with Gasteiger partial charge in [0.15, 0.2) is 23.1 Å². The third-order valence-electron chi connectivity index (χ3n) is 6.10. The molecule has 3 aromatic rings. The lowest BCUT2D eigenvalue weighted by atomic mass is 9.86. The highest BCUT2D eigenvalue weighted by atomic mass is 19.1. The van der Waals surface area contributed by atoms with Crippen LogP contribution in [0.2, 0.25) is 0 Å². The van der Waals surface area contributed by atoms with Crippen molar-refractivity contribution in [2.75, 3.05) is 25.9 Å². The zero-order chi connectivity index (χ0) is 22.5. The molecule has 7 nitrogen and oxygen atoms in total. The number of hydrogen-bond acceptors (Lipinski definition) is 6. The fourth-order valence-electron chi connectivity index (χ4n) is 4.36. The quantitative estimate of drug-likeness (QED) is 0.620. The first-order valence-electron chi connectivity index (χ1n) is 11.3. The SMILES string of the molecule is C1CCNCC1.COc1cc2ncc(-c3nc(N)c(F)cc3F)n2nc1C1CCCCC1. The second-order valence-corrected chi connectivity index (χ2v) is 8.34. The molecule has 0 bridgehead atoms. The van der Waals surface area contributed by atoms with Gasteiger partial charge in [0.25, 0.3) is 0 Å². The van der Waals surface area contributed by atoms with Gasteiger partial charge in [0.1, 0.15) is 22.8 Å². The van der Waals surface area contributed by atoms with Crippen molar-refractivity contribution in [1.82, 2.24) is 24.9 Å². The molecule has 1 saturated heterocycles. The van der Waals surface area contributed by atoms with E-state index in [1.54, 1.807) is 13.2 Å². The summed E-state index contributed by atoms with van der Waals surface area (Å²) in [5.41, 5.74) is 7.08. The van der Waals surface area contributed by atoms with E-state index in [1.807, 2.05) is 0 Å². The number of halogens is 2. The van der Waals surface area contributed by atoms with Crippen LogP contribution < -0.4 is 15.8 Å². The van der Waals surface area contributed by atoms with E-state index in [1.165, 1.54) is 49.5 Å². The van der Waals surface area contributed by atoms with Gasteiger partial charge < -0.3 is 15.8 Å². The zero-order valence-electron chi connectivity index (χ0n) is 18.4. The average molecular weight is 445 g/mol. The predicted molar refractivity (Wildman–Crippen MR) is 120 cm³/mol. The van der Waals surface area contributed by atoms with Gasteiger partial charge in [-0.3, -0.25) is 0 Å². The predicted octanol–water partition coefficient (Wildman–Crippen LogP) is 4.47. The Morgan fingerprint density at radius 2 is 1.75 bits per heavy atom. The minimum atomic E-state index is -0.891. The van der Waals surface area contributed by atoms with Gasteiger partial charge in [-0.25, -0.2) is 23.3 Å². The molecule has 0 spiro atoms. The minimum Gasteiger partial charge on any atom is -0.495 e. The molecular weight excluding hydrogens is 414 g/mol. The Morgan fingerprint density at radius 3 is 2.38 bits per heavy atom. The standard InChI is InChI=1S/C18H19F2N5O.C5H11N/c1-26-14-8-15-22-9-13(17-11(19)7-12(20)18(21)23-17)25(15)24-16(14)10-5-3-2-4-6-10;1-2-4-6-5-3-1/h7-10H,2-6H2,1H3,(H2,21,23);6H,1-5H2. The number of aromatic nitrogens is 4. The Balaban J connectivity index is 0.000000354. The van der Waals surface area contributed by atoms with Crippen LogP contribution >= 0.6 is 0 Å². The molecule has 0 aromatic carbocycles. The topological polar surface area (TPSA) is 90.4 Å². The van der Waals surface area contributed by atoms with Crippen LogP contribution in [0.25, 0.3) is 17.0 Å². The molecule has 3 N–H and O–H groups in total. The number of hydrogen-bond donors (Lipinski definition) is 2. The molecule has 1 saturated carbocycles. The maximum atomic E-state index is 14.3. The highest BCUT2D eigenvalue weighted by Crippen LogP contribution is 2.37. The van der Waals surface area contributed by atoms with Gasteiger partial charge >= 0.3 is 0 Å². The van der Waals surface area contributed by atoms with Crippen molar-refractivity contribution in [2.45, 2.75) is 57.3 Å². The summed E-state index contributed by atoms with van der Waals surface area (Å²) in [5, 5.41) is 7.97. The van der Waals surface area contributed by atoms with Crippen molar-refractivity contribution in [3.05, 3.63) is 35.7 Å². The smallest absolute Gasteiger partial charge is 0.168 e. The number of nitrogens with zero attached hydrogens (tertiary/aromatic N) is 4. The summed E-state index contributed by atoms with van der Waals surface area (Å²) in [5.74, 6) is -1.10. The number of piperidine rings is 1. The van der Waals surface area contributed by atoms with Gasteiger partial charge in [-0.1, -0.05) is 25.7 Å². The van der Waals surface area contributed by atoms with Gasteiger partial charge in [-0.15, -0.1) is 0 Å². The second kappa shape index (κ2) is 10.2. The van der Waals surface area contributed by atoms with Crippen LogP contribution in [-0.2, 0) is 0 Å². The van der Waals surface area contributed by atoms with E-state index in [0.717, 1.165) is 37.4 Å². The molecule has 4 heterocycles. The molecule has 32 heavy (non-hydrogen) atoms. The van der Waals surface area contributed by atoms with E-state index >= 15 is 0 Å². The fourth-order valence-corrected chi connectivity index (χ4v) is 4.36. The van der Waals surface area contributed by atoms with E-state index in [-0.39, 0.29) is 17.4 Å². The molecule has 172 valence electrons. The summed E-state index contributed by atoms with van der Waals surface area (Å²) >= 11 is 0. The van der Waals surface area contributed by atoms with E-state index in [2.05, 4.69) is 20.4 Å². The Morgan fingerprint density at radius 1 is 1.03 bits per heavy atom. The molecule has 0 amide bonds. The Bertz CT molecular complexity index is 1050. The number of methoxy groups -OCH3 is 1. The van der Waals surface area contributed by atoms with Gasteiger partial charge in [-0.05, 0) is 38.8 Å². The summed E-state index contributed by atoms with van der Waals surface area (Å²) in [7, 11) is 1.60. The summed E-state index contributed by atoms with van der Waals surface area (Å²) in [6, 6.07) is 2.51. The van der Waals surface area contributed by atoms with Crippen LogP contribution in [0, 0.1) is 11.6 Å². The number of nitrogens with two attached hydrogens (primary N) is 1. The average Bonchev–Trinajstić information content (AvgIpc) is 3.25. The Hall–Kier alpha value is -2.81. The van der Waals surface area contributed by atoms with Crippen LogP contribution in [0.3, 0.4) is 0 Å². The van der Waals surface area contributed by atoms with E-state index < -0.39 is 11.6 Å². The van der Waals surface area contributed by atoms with Crippen molar-refractivity contribution in [3.63, 3.8) is 0 Å². The number of fused-ring (bicyclic) bond motifs is 1. The maximum absolute atomic E-state index is 14.3. The number of pyridine rings is 1. The second-order valence-electron chi connectivity index (χ2n) is 8.34. The molecule has 0 radical (unpaired) electrons. The summed E-state index contributed by atoms with van der Waals surface area (Å²) in [4.78, 5) is 8.11. The third-order valence-corrected chi connectivity index (χ3v) is 6.10. The first-order chi connectivity index (χ1) is 15.6. The number of nitrogens with one attached hydrogen (secondary N) is 1. The first kappa shape index (κ1) is 22.4. The largest absolute Gasteiger partial charge is 0.495 e. The highest BCUT2D eigenvalue weighted by Gasteiger charge is 2.24. The molecule has 2 aliphatic rings.